The molecule has 2 rings (SSSR count). The summed E-state index contributed by atoms with van der Waals surface area (Å²) in [6.45, 7) is 11.3. The van der Waals surface area contributed by atoms with Crippen molar-refractivity contribution in [1.29, 1.82) is 0 Å². The molecule has 0 unspecified atom stereocenters. The molecule has 1 aromatic carbocycles. The number of aliphatic hydroxyl groups excluding tert-OH is 1. The number of ether oxygens (including phenoxy) is 3. The lowest BCUT2D eigenvalue weighted by Gasteiger charge is -2.21. The molecular weight excluding hydrogens is 360 g/mol. The highest BCUT2D eigenvalue weighted by Crippen LogP contribution is 2.42. The Labute approximate surface area is 165 Å². The van der Waals surface area contributed by atoms with Crippen LogP contribution in [0.3, 0.4) is 0 Å². The molecule has 0 aliphatic rings. The van der Waals surface area contributed by atoms with E-state index < -0.39 is 0 Å². The van der Waals surface area contributed by atoms with Crippen molar-refractivity contribution >= 4 is 11.3 Å². The third-order valence-electron chi connectivity index (χ3n) is 3.97. The van der Waals surface area contributed by atoms with Gasteiger partial charge in [0.2, 0.25) is 0 Å². The minimum Gasteiger partial charge on any atom is -0.489 e. The fourth-order valence-electron chi connectivity index (χ4n) is 2.90. The number of rotatable bonds is 13. The van der Waals surface area contributed by atoms with Crippen molar-refractivity contribution in [3.8, 4) is 21.9 Å². The first kappa shape index (κ1) is 21.2. The predicted molar refractivity (Wildman–Crippen MR) is 111 cm³/mol. The first-order chi connectivity index (χ1) is 13.3. The molecular formula is C22H27O4S. The normalized spacial score (nSPS) is 10.6. The van der Waals surface area contributed by atoms with E-state index in [0.29, 0.717) is 32.8 Å². The summed E-state index contributed by atoms with van der Waals surface area (Å²) in [5, 5.41) is 11.0. The topological polar surface area (TPSA) is 47.9 Å². The zero-order chi connectivity index (χ0) is 19.5. The van der Waals surface area contributed by atoms with E-state index >= 15 is 0 Å². The van der Waals surface area contributed by atoms with Gasteiger partial charge in [-0.2, -0.15) is 0 Å². The lowest BCUT2D eigenvalue weighted by molar-refractivity contribution is 0.0943. The molecule has 5 heteroatoms. The van der Waals surface area contributed by atoms with E-state index in [1.54, 1.807) is 23.5 Å². The van der Waals surface area contributed by atoms with Crippen LogP contribution in [0.2, 0.25) is 0 Å². The summed E-state index contributed by atoms with van der Waals surface area (Å²) < 4.78 is 17.4. The lowest BCUT2D eigenvalue weighted by atomic mass is 9.93. The maximum Gasteiger partial charge on any atom is 0.132 e. The van der Waals surface area contributed by atoms with E-state index in [1.165, 1.54) is 0 Å². The van der Waals surface area contributed by atoms with Crippen molar-refractivity contribution in [3.05, 3.63) is 60.0 Å². The SMILES string of the molecule is C=CCOc1cc(OCC=C)c(-c2[c]ccs2)c(CCOCCO)c1CC. The van der Waals surface area contributed by atoms with Gasteiger partial charge in [-0.15, -0.1) is 11.3 Å². The quantitative estimate of drug-likeness (QED) is 0.407. The summed E-state index contributed by atoms with van der Waals surface area (Å²) in [6, 6.07) is 7.17. The van der Waals surface area contributed by atoms with Crippen molar-refractivity contribution in [2.45, 2.75) is 19.8 Å². The molecule has 0 aliphatic carbocycles. The standard InChI is InChI=1S/C22H27O4S/c1-4-11-25-19-16-20(26-12-5-2)22(21-8-7-15-27-21)18(17(19)6-3)9-13-24-14-10-23/h4-5,7,15-16,23H,1-2,6,9-14H2,3H3. The van der Waals surface area contributed by atoms with Crippen LogP contribution in [-0.2, 0) is 17.6 Å². The van der Waals surface area contributed by atoms with E-state index in [-0.39, 0.29) is 6.61 Å². The molecule has 27 heavy (non-hydrogen) atoms. The molecule has 1 N–H and O–H groups in total. The van der Waals surface area contributed by atoms with E-state index in [0.717, 1.165) is 39.5 Å². The molecule has 0 aliphatic heterocycles. The van der Waals surface area contributed by atoms with Crippen molar-refractivity contribution in [3.63, 3.8) is 0 Å². The molecule has 0 saturated carbocycles. The minimum absolute atomic E-state index is 0.0162. The third-order valence-corrected chi connectivity index (χ3v) is 4.80. The van der Waals surface area contributed by atoms with Gasteiger partial charge in [-0.05, 0) is 35.4 Å². The van der Waals surface area contributed by atoms with Gasteiger partial charge in [-0.3, -0.25) is 0 Å². The highest BCUT2D eigenvalue weighted by molar-refractivity contribution is 7.13. The van der Waals surface area contributed by atoms with Crippen LogP contribution in [-0.4, -0.2) is 38.1 Å². The van der Waals surface area contributed by atoms with Gasteiger partial charge >= 0.3 is 0 Å². The third kappa shape index (κ3) is 5.70. The Morgan fingerprint density at radius 1 is 1.11 bits per heavy atom. The molecule has 0 saturated heterocycles. The monoisotopic (exact) mass is 387 g/mol. The van der Waals surface area contributed by atoms with Crippen molar-refractivity contribution in [2.75, 3.05) is 33.0 Å². The second-order valence-electron chi connectivity index (χ2n) is 5.74. The van der Waals surface area contributed by atoms with E-state index in [2.05, 4.69) is 26.1 Å². The Hall–Kier alpha value is -2.08. The Bertz CT molecular complexity index is 722. The van der Waals surface area contributed by atoms with Crippen LogP contribution in [0.1, 0.15) is 18.1 Å². The zero-order valence-electron chi connectivity index (χ0n) is 15.8. The van der Waals surface area contributed by atoms with Crippen LogP contribution < -0.4 is 9.47 Å². The number of benzene rings is 1. The predicted octanol–water partition coefficient (Wildman–Crippen LogP) is 4.46. The number of hydrogen-bond acceptors (Lipinski definition) is 5. The van der Waals surface area contributed by atoms with Gasteiger partial charge in [0.15, 0.2) is 0 Å². The molecule has 0 atom stereocenters. The molecule has 1 radical (unpaired) electrons. The molecule has 4 nitrogen and oxygen atoms in total. The summed E-state index contributed by atoms with van der Waals surface area (Å²) in [5.41, 5.74) is 3.30. The summed E-state index contributed by atoms with van der Waals surface area (Å²) in [4.78, 5) is 1.02. The van der Waals surface area contributed by atoms with Crippen LogP contribution >= 0.6 is 11.3 Å². The largest absolute Gasteiger partial charge is 0.489 e. The van der Waals surface area contributed by atoms with Crippen molar-refractivity contribution in [1.82, 2.24) is 0 Å². The van der Waals surface area contributed by atoms with Crippen molar-refractivity contribution in [2.24, 2.45) is 0 Å². The lowest BCUT2D eigenvalue weighted by Crippen LogP contribution is -2.09. The first-order valence-corrected chi connectivity index (χ1v) is 9.95. The van der Waals surface area contributed by atoms with Gasteiger partial charge in [0.1, 0.15) is 24.7 Å². The highest BCUT2D eigenvalue weighted by Gasteiger charge is 2.21. The maximum atomic E-state index is 8.96. The van der Waals surface area contributed by atoms with Crippen molar-refractivity contribution < 1.29 is 19.3 Å². The summed E-state index contributed by atoms with van der Waals surface area (Å²) >= 11 is 1.63. The van der Waals surface area contributed by atoms with Gasteiger partial charge < -0.3 is 19.3 Å². The van der Waals surface area contributed by atoms with E-state index in [4.69, 9.17) is 19.3 Å². The summed E-state index contributed by atoms with van der Waals surface area (Å²) in [7, 11) is 0. The number of hydrogen-bond donors (Lipinski definition) is 1. The molecule has 2 aromatic rings. The highest BCUT2D eigenvalue weighted by atomic mass is 32.1. The maximum absolute atomic E-state index is 8.96. The molecule has 0 amide bonds. The molecule has 0 fully saturated rings. The van der Waals surface area contributed by atoms with E-state index in [9.17, 15) is 0 Å². The number of thiophene rings is 1. The minimum atomic E-state index is 0.0162. The van der Waals surface area contributed by atoms with E-state index in [1.807, 2.05) is 17.5 Å². The van der Waals surface area contributed by atoms with Gasteiger partial charge in [0.25, 0.3) is 0 Å². The van der Waals surface area contributed by atoms with Crippen LogP contribution in [0.25, 0.3) is 10.4 Å². The van der Waals surface area contributed by atoms with Gasteiger partial charge in [-0.1, -0.05) is 32.2 Å². The Morgan fingerprint density at radius 2 is 1.85 bits per heavy atom. The van der Waals surface area contributed by atoms with Crippen LogP contribution in [0.4, 0.5) is 0 Å². The smallest absolute Gasteiger partial charge is 0.132 e. The zero-order valence-corrected chi connectivity index (χ0v) is 16.6. The summed E-state index contributed by atoms with van der Waals surface area (Å²) in [6.07, 6.45) is 4.97. The Kier molecular flexibility index (Phi) is 9.11. The molecule has 145 valence electrons. The van der Waals surface area contributed by atoms with Crippen LogP contribution in [0.15, 0.2) is 42.8 Å². The van der Waals surface area contributed by atoms with Crippen LogP contribution in [0, 0.1) is 6.07 Å². The average Bonchev–Trinajstić information content (AvgIpc) is 3.21. The molecule has 1 heterocycles. The van der Waals surface area contributed by atoms with Gasteiger partial charge in [0.05, 0.1) is 19.8 Å². The molecule has 1 aromatic heterocycles. The number of aliphatic hydroxyl groups is 1. The fraction of sp³-hybridized carbons (Fsp3) is 0.364. The molecule has 0 spiro atoms. The summed E-state index contributed by atoms with van der Waals surface area (Å²) in [5.74, 6) is 1.55. The average molecular weight is 388 g/mol. The fourth-order valence-corrected chi connectivity index (χ4v) is 3.65. The first-order valence-electron chi connectivity index (χ1n) is 9.07. The van der Waals surface area contributed by atoms with Gasteiger partial charge in [-0.25, -0.2) is 0 Å². The van der Waals surface area contributed by atoms with Crippen LogP contribution in [0.5, 0.6) is 11.5 Å². The second kappa shape index (κ2) is 11.6. The second-order valence-corrected chi connectivity index (χ2v) is 6.65. The molecule has 0 bridgehead atoms. The Morgan fingerprint density at radius 3 is 2.44 bits per heavy atom. The van der Waals surface area contributed by atoms with Gasteiger partial charge in [0, 0.05) is 22.6 Å². The Balaban J connectivity index is 2.56.